The Morgan fingerprint density at radius 2 is 1.88 bits per heavy atom. The summed E-state index contributed by atoms with van der Waals surface area (Å²) in [4.78, 5) is 12.1. The van der Waals surface area contributed by atoms with Gasteiger partial charge in [-0.3, -0.25) is 4.79 Å². The normalized spacial score (nSPS) is 10.4. The van der Waals surface area contributed by atoms with E-state index in [1.807, 2.05) is 48.5 Å². The van der Waals surface area contributed by atoms with E-state index in [-0.39, 0.29) is 5.91 Å². The maximum Gasteiger partial charge on any atom is 0.224 e. The first kappa shape index (κ1) is 18.8. The molecule has 0 saturated heterocycles. The summed E-state index contributed by atoms with van der Waals surface area (Å²) in [5, 5.41) is 2.91. The van der Waals surface area contributed by atoms with Crippen LogP contribution < -0.4 is 15.8 Å². The molecule has 0 aliphatic carbocycles. The molecule has 2 aromatic carbocycles. The van der Waals surface area contributed by atoms with Gasteiger partial charge in [-0.1, -0.05) is 38.3 Å². The van der Waals surface area contributed by atoms with E-state index in [0.717, 1.165) is 35.7 Å². The van der Waals surface area contributed by atoms with E-state index < -0.39 is 0 Å². The second-order valence-electron chi connectivity index (χ2n) is 6.23. The molecule has 1 amide bonds. The molecule has 0 aliphatic heterocycles. The summed E-state index contributed by atoms with van der Waals surface area (Å²) < 4.78 is 5.70. The molecule has 0 aromatic heterocycles. The molecule has 25 heavy (non-hydrogen) atoms. The predicted octanol–water partition coefficient (Wildman–Crippen LogP) is 4.80. The molecule has 0 unspecified atom stereocenters. The highest BCUT2D eigenvalue weighted by Crippen LogP contribution is 2.17. The van der Waals surface area contributed by atoms with Gasteiger partial charge in [0.05, 0.1) is 6.61 Å². The standard InChI is InChI=1S/C21H28N2O2/c1-2-3-4-5-15-25-20-12-10-19(11-13-20)23-21(24)14-9-17-7-6-8-18(22)16-17/h6-8,10-13,16H,2-5,9,14-15,22H2,1H3,(H,23,24). The Kier molecular flexibility index (Phi) is 7.83. The minimum atomic E-state index is -0.00402. The predicted molar refractivity (Wildman–Crippen MR) is 104 cm³/mol. The maximum absolute atomic E-state index is 12.1. The quantitative estimate of drug-likeness (QED) is 0.482. The molecule has 3 N–H and O–H groups in total. The molecule has 2 rings (SSSR count). The monoisotopic (exact) mass is 340 g/mol. The van der Waals surface area contributed by atoms with Crippen LogP contribution in [0.4, 0.5) is 11.4 Å². The number of rotatable bonds is 10. The summed E-state index contributed by atoms with van der Waals surface area (Å²) in [5.41, 5.74) is 8.33. The fourth-order valence-electron chi connectivity index (χ4n) is 2.58. The number of nitrogen functional groups attached to an aromatic ring is 1. The Labute approximate surface area is 150 Å². The van der Waals surface area contributed by atoms with E-state index in [9.17, 15) is 4.79 Å². The Morgan fingerprint density at radius 1 is 1.08 bits per heavy atom. The highest BCUT2D eigenvalue weighted by molar-refractivity contribution is 5.90. The van der Waals surface area contributed by atoms with Crippen LogP contribution in [0.1, 0.15) is 44.6 Å². The van der Waals surface area contributed by atoms with Crippen molar-refractivity contribution >= 4 is 17.3 Å². The first-order valence-corrected chi connectivity index (χ1v) is 9.04. The van der Waals surface area contributed by atoms with Gasteiger partial charge >= 0.3 is 0 Å². The Bertz CT molecular complexity index is 653. The average molecular weight is 340 g/mol. The van der Waals surface area contributed by atoms with E-state index in [1.165, 1.54) is 19.3 Å². The summed E-state index contributed by atoms with van der Waals surface area (Å²) >= 11 is 0. The second-order valence-corrected chi connectivity index (χ2v) is 6.23. The number of nitrogens with two attached hydrogens (primary N) is 1. The molecule has 0 saturated carbocycles. The first-order chi connectivity index (χ1) is 12.2. The van der Waals surface area contributed by atoms with E-state index >= 15 is 0 Å². The zero-order valence-electron chi connectivity index (χ0n) is 15.0. The summed E-state index contributed by atoms with van der Waals surface area (Å²) in [7, 11) is 0. The Hall–Kier alpha value is -2.49. The lowest BCUT2D eigenvalue weighted by Gasteiger charge is -2.08. The number of nitrogens with one attached hydrogen (secondary N) is 1. The summed E-state index contributed by atoms with van der Waals surface area (Å²) in [6.45, 7) is 2.94. The van der Waals surface area contributed by atoms with Crippen molar-refractivity contribution in [3.63, 3.8) is 0 Å². The van der Waals surface area contributed by atoms with Crippen molar-refractivity contribution in [1.29, 1.82) is 0 Å². The van der Waals surface area contributed by atoms with Crippen LogP contribution in [-0.4, -0.2) is 12.5 Å². The van der Waals surface area contributed by atoms with Gasteiger partial charge < -0.3 is 15.8 Å². The number of benzene rings is 2. The number of aryl methyl sites for hydroxylation is 1. The van der Waals surface area contributed by atoms with Gasteiger partial charge in [0, 0.05) is 17.8 Å². The molecule has 0 fully saturated rings. The third-order valence-electron chi connectivity index (χ3n) is 4.00. The van der Waals surface area contributed by atoms with Crippen LogP contribution >= 0.6 is 0 Å². The molecule has 0 bridgehead atoms. The largest absolute Gasteiger partial charge is 0.494 e. The second kappa shape index (κ2) is 10.4. The molecule has 0 spiro atoms. The van der Waals surface area contributed by atoms with Crippen LogP contribution in [0, 0.1) is 0 Å². The van der Waals surface area contributed by atoms with Gasteiger partial charge in [-0.15, -0.1) is 0 Å². The van der Waals surface area contributed by atoms with Crippen LogP contribution in [0.3, 0.4) is 0 Å². The van der Waals surface area contributed by atoms with E-state index in [0.29, 0.717) is 12.8 Å². The van der Waals surface area contributed by atoms with Crippen molar-refractivity contribution in [3.05, 3.63) is 54.1 Å². The average Bonchev–Trinajstić information content (AvgIpc) is 2.61. The van der Waals surface area contributed by atoms with Gasteiger partial charge in [0.25, 0.3) is 0 Å². The molecule has 0 aliphatic rings. The number of anilines is 2. The topological polar surface area (TPSA) is 64.3 Å². The molecule has 4 heteroatoms. The van der Waals surface area contributed by atoms with Crippen LogP contribution in [-0.2, 0) is 11.2 Å². The van der Waals surface area contributed by atoms with E-state index in [2.05, 4.69) is 12.2 Å². The smallest absolute Gasteiger partial charge is 0.224 e. The van der Waals surface area contributed by atoms with Gasteiger partial charge in [0.15, 0.2) is 0 Å². The van der Waals surface area contributed by atoms with Gasteiger partial charge in [-0.25, -0.2) is 0 Å². The van der Waals surface area contributed by atoms with Crippen molar-refractivity contribution < 1.29 is 9.53 Å². The van der Waals surface area contributed by atoms with Crippen molar-refractivity contribution in [1.82, 2.24) is 0 Å². The fourth-order valence-corrected chi connectivity index (χ4v) is 2.58. The van der Waals surface area contributed by atoms with Gasteiger partial charge in [0.1, 0.15) is 5.75 Å². The molecule has 4 nitrogen and oxygen atoms in total. The van der Waals surface area contributed by atoms with Crippen LogP contribution in [0.2, 0.25) is 0 Å². The Balaban J connectivity index is 1.71. The van der Waals surface area contributed by atoms with Crippen molar-refractivity contribution in [2.45, 2.75) is 45.4 Å². The van der Waals surface area contributed by atoms with Gasteiger partial charge in [-0.05, 0) is 54.8 Å². The molecule has 2 aromatic rings. The Morgan fingerprint density at radius 3 is 2.60 bits per heavy atom. The number of carbonyl (C=O) groups is 1. The van der Waals surface area contributed by atoms with Crippen LogP contribution in [0.25, 0.3) is 0 Å². The minimum Gasteiger partial charge on any atom is -0.494 e. The maximum atomic E-state index is 12.1. The summed E-state index contributed by atoms with van der Waals surface area (Å²) in [6.07, 6.45) is 5.87. The van der Waals surface area contributed by atoms with Crippen molar-refractivity contribution in [2.75, 3.05) is 17.7 Å². The molecule has 0 atom stereocenters. The lowest BCUT2D eigenvalue weighted by atomic mass is 10.1. The number of carbonyl (C=O) groups excluding carboxylic acids is 1. The highest BCUT2D eigenvalue weighted by atomic mass is 16.5. The number of amides is 1. The van der Waals surface area contributed by atoms with Gasteiger partial charge in [-0.2, -0.15) is 0 Å². The number of hydrogen-bond donors (Lipinski definition) is 2. The molecular weight excluding hydrogens is 312 g/mol. The van der Waals surface area contributed by atoms with Gasteiger partial charge in [0.2, 0.25) is 5.91 Å². The third kappa shape index (κ3) is 7.29. The lowest BCUT2D eigenvalue weighted by molar-refractivity contribution is -0.116. The van der Waals surface area contributed by atoms with Crippen molar-refractivity contribution in [3.8, 4) is 5.75 Å². The van der Waals surface area contributed by atoms with E-state index in [4.69, 9.17) is 10.5 Å². The van der Waals surface area contributed by atoms with Crippen molar-refractivity contribution in [2.24, 2.45) is 0 Å². The summed E-state index contributed by atoms with van der Waals surface area (Å²) in [6, 6.07) is 15.2. The fraction of sp³-hybridized carbons (Fsp3) is 0.381. The molecule has 0 radical (unpaired) electrons. The van der Waals surface area contributed by atoms with Crippen LogP contribution in [0.5, 0.6) is 5.75 Å². The molecule has 134 valence electrons. The lowest BCUT2D eigenvalue weighted by Crippen LogP contribution is -2.12. The minimum absolute atomic E-state index is 0.00402. The molecule has 0 heterocycles. The number of unbranched alkanes of at least 4 members (excludes halogenated alkanes) is 3. The SMILES string of the molecule is CCCCCCOc1ccc(NC(=O)CCc2cccc(N)c2)cc1. The highest BCUT2D eigenvalue weighted by Gasteiger charge is 2.04. The van der Waals surface area contributed by atoms with Crippen LogP contribution in [0.15, 0.2) is 48.5 Å². The summed E-state index contributed by atoms with van der Waals surface area (Å²) in [5.74, 6) is 0.838. The molecular formula is C21H28N2O2. The van der Waals surface area contributed by atoms with E-state index in [1.54, 1.807) is 0 Å². The first-order valence-electron chi connectivity index (χ1n) is 9.04. The zero-order valence-corrected chi connectivity index (χ0v) is 15.0. The number of ether oxygens (including phenoxy) is 1. The third-order valence-corrected chi connectivity index (χ3v) is 4.00. The zero-order chi connectivity index (χ0) is 17.9. The number of hydrogen-bond acceptors (Lipinski definition) is 3.